The molecular formula is C24H35N3O4. The van der Waals surface area contributed by atoms with Gasteiger partial charge < -0.3 is 20.8 Å². The van der Waals surface area contributed by atoms with E-state index in [0.29, 0.717) is 42.6 Å². The number of nitrogens with two attached hydrogens (primary N) is 1. The van der Waals surface area contributed by atoms with Gasteiger partial charge in [0.2, 0.25) is 5.91 Å². The maximum atomic E-state index is 12.6. The number of primary amides is 1. The van der Waals surface area contributed by atoms with Gasteiger partial charge in [-0.2, -0.15) is 0 Å². The van der Waals surface area contributed by atoms with E-state index < -0.39 is 12.7 Å². The molecule has 1 aromatic carbocycles. The molecule has 1 aromatic rings. The maximum Gasteiger partial charge on any atom is 0.253 e. The summed E-state index contributed by atoms with van der Waals surface area (Å²) in [5.74, 6) is 0.218. The van der Waals surface area contributed by atoms with Crippen LogP contribution in [0.4, 0.5) is 0 Å². The molecule has 3 fully saturated rings. The van der Waals surface area contributed by atoms with Gasteiger partial charge in [0.05, 0.1) is 6.61 Å². The molecule has 2 bridgehead atoms. The average Bonchev–Trinajstić information content (AvgIpc) is 2.98. The summed E-state index contributed by atoms with van der Waals surface area (Å²) in [5.41, 5.74) is 7.22. The molecule has 2 heterocycles. The SMILES string of the molecule is NC(=O)c1cccc(C2CC3CCC(C2)N3CCN(CC2CCC2)C(=O)[C@@H](O)CO)c1. The van der Waals surface area contributed by atoms with Crippen molar-refractivity contribution >= 4 is 11.8 Å². The summed E-state index contributed by atoms with van der Waals surface area (Å²) in [5, 5.41) is 19.1. The number of rotatable bonds is 9. The van der Waals surface area contributed by atoms with Crippen molar-refractivity contribution in [2.75, 3.05) is 26.2 Å². The number of aliphatic hydroxyl groups is 2. The second kappa shape index (κ2) is 9.67. The zero-order valence-corrected chi connectivity index (χ0v) is 18.2. The molecule has 4 N–H and O–H groups in total. The Kier molecular flexibility index (Phi) is 6.94. The van der Waals surface area contributed by atoms with Gasteiger partial charge in [-0.15, -0.1) is 0 Å². The lowest BCUT2D eigenvalue weighted by atomic mass is 9.84. The number of piperidine rings is 1. The van der Waals surface area contributed by atoms with Crippen LogP contribution in [-0.2, 0) is 4.79 Å². The van der Waals surface area contributed by atoms with Crippen LogP contribution in [0.1, 0.15) is 66.8 Å². The van der Waals surface area contributed by atoms with E-state index in [1.54, 1.807) is 11.0 Å². The lowest BCUT2D eigenvalue weighted by Crippen LogP contribution is -2.50. The molecule has 3 aliphatic rings. The van der Waals surface area contributed by atoms with Crippen LogP contribution < -0.4 is 5.73 Å². The Morgan fingerprint density at radius 1 is 1.16 bits per heavy atom. The van der Waals surface area contributed by atoms with Gasteiger partial charge in [-0.1, -0.05) is 18.6 Å². The molecule has 1 saturated carbocycles. The van der Waals surface area contributed by atoms with Crippen LogP contribution in [0.3, 0.4) is 0 Å². The monoisotopic (exact) mass is 429 g/mol. The zero-order chi connectivity index (χ0) is 22.0. The Hall–Kier alpha value is -1.96. The molecular weight excluding hydrogens is 394 g/mol. The number of fused-ring (bicyclic) bond motifs is 2. The third-order valence-corrected chi connectivity index (χ3v) is 7.63. The van der Waals surface area contributed by atoms with Crippen LogP contribution in [0, 0.1) is 5.92 Å². The zero-order valence-electron chi connectivity index (χ0n) is 18.2. The second-order valence-electron chi connectivity index (χ2n) is 9.56. The minimum Gasteiger partial charge on any atom is -0.393 e. The number of aliphatic hydroxyl groups excluding tert-OH is 2. The van der Waals surface area contributed by atoms with Crippen LogP contribution in [-0.4, -0.2) is 76.3 Å². The molecule has 0 aromatic heterocycles. The van der Waals surface area contributed by atoms with Crippen LogP contribution in [0.25, 0.3) is 0 Å². The van der Waals surface area contributed by atoms with Gasteiger partial charge in [-0.25, -0.2) is 0 Å². The molecule has 2 amide bonds. The number of amides is 2. The van der Waals surface area contributed by atoms with Crippen molar-refractivity contribution in [3.8, 4) is 0 Å². The molecule has 170 valence electrons. The van der Waals surface area contributed by atoms with Crippen molar-refractivity contribution in [3.05, 3.63) is 35.4 Å². The van der Waals surface area contributed by atoms with Crippen molar-refractivity contribution in [1.29, 1.82) is 0 Å². The van der Waals surface area contributed by atoms with E-state index in [1.165, 1.54) is 12.0 Å². The molecule has 0 radical (unpaired) electrons. The number of nitrogens with zero attached hydrogens (tertiary/aromatic N) is 2. The highest BCUT2D eigenvalue weighted by Crippen LogP contribution is 2.43. The number of hydrogen-bond acceptors (Lipinski definition) is 5. The van der Waals surface area contributed by atoms with Crippen molar-refractivity contribution in [1.82, 2.24) is 9.80 Å². The molecule has 2 saturated heterocycles. The third-order valence-electron chi connectivity index (χ3n) is 7.63. The van der Waals surface area contributed by atoms with Gasteiger partial charge >= 0.3 is 0 Å². The number of benzene rings is 1. The molecule has 7 heteroatoms. The Bertz CT molecular complexity index is 783. The van der Waals surface area contributed by atoms with Gasteiger partial charge in [0.1, 0.15) is 0 Å². The smallest absolute Gasteiger partial charge is 0.253 e. The third kappa shape index (κ3) is 4.94. The van der Waals surface area contributed by atoms with Gasteiger partial charge in [0.25, 0.3) is 5.91 Å². The first kappa shape index (κ1) is 22.2. The van der Waals surface area contributed by atoms with Crippen molar-refractivity contribution < 1.29 is 19.8 Å². The molecule has 31 heavy (non-hydrogen) atoms. The highest BCUT2D eigenvalue weighted by molar-refractivity contribution is 5.92. The molecule has 0 spiro atoms. The Morgan fingerprint density at radius 3 is 2.45 bits per heavy atom. The number of hydrogen-bond donors (Lipinski definition) is 3. The summed E-state index contributed by atoms with van der Waals surface area (Å²) >= 11 is 0. The topological polar surface area (TPSA) is 107 Å². The van der Waals surface area contributed by atoms with Gasteiger partial charge in [-0.05, 0) is 68.1 Å². The lowest BCUT2D eigenvalue weighted by Gasteiger charge is -2.41. The minimum atomic E-state index is -1.32. The molecule has 3 atom stereocenters. The maximum absolute atomic E-state index is 12.6. The highest BCUT2D eigenvalue weighted by Gasteiger charge is 2.41. The van der Waals surface area contributed by atoms with Gasteiger partial charge in [0, 0.05) is 37.3 Å². The van der Waals surface area contributed by atoms with Crippen LogP contribution >= 0.6 is 0 Å². The molecule has 2 aliphatic heterocycles. The Balaban J connectivity index is 1.38. The molecule has 7 nitrogen and oxygen atoms in total. The fraction of sp³-hybridized carbons (Fsp3) is 0.667. The predicted molar refractivity (Wildman–Crippen MR) is 117 cm³/mol. The van der Waals surface area contributed by atoms with Gasteiger partial charge in [-0.3, -0.25) is 14.5 Å². The first-order chi connectivity index (χ1) is 15.0. The number of carbonyl (C=O) groups excluding carboxylic acids is 2. The fourth-order valence-corrected chi connectivity index (χ4v) is 5.66. The van der Waals surface area contributed by atoms with Gasteiger partial charge in [0.15, 0.2) is 6.10 Å². The molecule has 1 aliphatic carbocycles. The van der Waals surface area contributed by atoms with E-state index in [-0.39, 0.29) is 11.8 Å². The largest absolute Gasteiger partial charge is 0.393 e. The van der Waals surface area contributed by atoms with Crippen LogP contribution in [0.2, 0.25) is 0 Å². The van der Waals surface area contributed by atoms with Crippen LogP contribution in [0.15, 0.2) is 24.3 Å². The highest BCUT2D eigenvalue weighted by atomic mass is 16.3. The summed E-state index contributed by atoms with van der Waals surface area (Å²) in [6, 6.07) is 8.68. The molecule has 4 rings (SSSR count). The first-order valence-corrected chi connectivity index (χ1v) is 11.7. The summed E-state index contributed by atoms with van der Waals surface area (Å²) in [7, 11) is 0. The van der Waals surface area contributed by atoms with E-state index in [9.17, 15) is 19.8 Å². The molecule has 2 unspecified atom stereocenters. The Labute approximate surface area is 184 Å². The standard InChI is InChI=1S/C24H35N3O4/c25-23(30)18-6-2-5-17(11-18)19-12-20-7-8-21(13-19)27(20)10-9-26(14-16-3-1-4-16)24(31)22(29)15-28/h2,5-6,11,16,19-22,28-29H,1,3-4,7-10,12-15H2,(H2,25,30)/t19?,20?,21?,22-/m0/s1. The normalized spacial score (nSPS) is 27.0. The minimum absolute atomic E-state index is 0.347. The van der Waals surface area contributed by atoms with E-state index >= 15 is 0 Å². The van der Waals surface area contributed by atoms with E-state index in [4.69, 9.17) is 5.73 Å². The van der Waals surface area contributed by atoms with E-state index in [2.05, 4.69) is 11.0 Å². The second-order valence-corrected chi connectivity index (χ2v) is 9.56. The summed E-state index contributed by atoms with van der Waals surface area (Å²) < 4.78 is 0. The van der Waals surface area contributed by atoms with Crippen LogP contribution in [0.5, 0.6) is 0 Å². The first-order valence-electron chi connectivity index (χ1n) is 11.7. The predicted octanol–water partition coefficient (Wildman–Crippen LogP) is 1.48. The van der Waals surface area contributed by atoms with E-state index in [1.807, 2.05) is 12.1 Å². The van der Waals surface area contributed by atoms with E-state index in [0.717, 1.165) is 45.1 Å². The number of carbonyl (C=O) groups is 2. The van der Waals surface area contributed by atoms with Crippen molar-refractivity contribution in [3.63, 3.8) is 0 Å². The lowest BCUT2D eigenvalue weighted by molar-refractivity contribution is -0.143. The summed E-state index contributed by atoms with van der Waals surface area (Å²) in [6.07, 6.45) is 6.59. The fourth-order valence-electron chi connectivity index (χ4n) is 5.66. The van der Waals surface area contributed by atoms with Crippen molar-refractivity contribution in [2.45, 2.75) is 69.1 Å². The summed E-state index contributed by atoms with van der Waals surface area (Å²) in [6.45, 7) is 1.56. The quantitative estimate of drug-likeness (QED) is 0.551. The van der Waals surface area contributed by atoms with Crippen molar-refractivity contribution in [2.24, 2.45) is 11.7 Å². The summed E-state index contributed by atoms with van der Waals surface area (Å²) in [4.78, 5) is 28.5. The average molecular weight is 430 g/mol. The Morgan fingerprint density at radius 2 is 1.87 bits per heavy atom.